The second-order valence-corrected chi connectivity index (χ2v) is 6.91. The second-order valence-electron chi connectivity index (χ2n) is 6.52. The normalized spacial score (nSPS) is 20.0. The Kier molecular flexibility index (Phi) is 4.71. The molecule has 1 aliphatic carbocycles. The summed E-state index contributed by atoms with van der Waals surface area (Å²) in [5.41, 5.74) is 0. The molecular formula is C17H22N4O2S. The van der Waals surface area contributed by atoms with E-state index >= 15 is 0 Å². The van der Waals surface area contributed by atoms with Crippen molar-refractivity contribution in [3.63, 3.8) is 0 Å². The molecule has 0 radical (unpaired) electrons. The Morgan fingerprint density at radius 2 is 2.33 bits per heavy atom. The average Bonchev–Trinajstić information content (AvgIpc) is 2.96. The number of amides is 1. The number of furan rings is 1. The summed E-state index contributed by atoms with van der Waals surface area (Å²) in [5, 5.41) is 9.72. The number of hydrogen-bond acceptors (Lipinski definition) is 4. The monoisotopic (exact) mass is 346 g/mol. The number of nitrogens with one attached hydrogen (secondary N) is 2. The zero-order valence-electron chi connectivity index (χ0n) is 14.1. The molecule has 0 bridgehead atoms. The van der Waals surface area contributed by atoms with Gasteiger partial charge in [-0.1, -0.05) is 6.92 Å². The standard InChI is InChI=1S/C17H22N4O2S/c1-10(2)21-15(19-20-17(21)24)9-18-16(22)7-5-12-4-6-14(23-12)13-8-11(13)3/h4-7,10-11,13H,8-9H2,1-3H3,(H,18,22)(H,20,24)/b7-5+. The summed E-state index contributed by atoms with van der Waals surface area (Å²) in [5.74, 6) is 3.46. The number of rotatable bonds is 6. The van der Waals surface area contributed by atoms with Crippen LogP contribution >= 0.6 is 12.2 Å². The zero-order chi connectivity index (χ0) is 17.3. The van der Waals surface area contributed by atoms with Gasteiger partial charge in [-0.15, -0.1) is 0 Å². The molecule has 6 nitrogen and oxygen atoms in total. The maximum absolute atomic E-state index is 12.0. The zero-order valence-corrected chi connectivity index (χ0v) is 14.9. The molecule has 0 aliphatic heterocycles. The number of hydrogen-bond donors (Lipinski definition) is 2. The molecule has 0 aromatic carbocycles. The van der Waals surface area contributed by atoms with Gasteiger partial charge in [-0.2, -0.15) is 5.10 Å². The Bertz CT molecular complexity index is 815. The summed E-state index contributed by atoms with van der Waals surface area (Å²) in [6, 6.07) is 4.07. The summed E-state index contributed by atoms with van der Waals surface area (Å²) in [4.78, 5) is 12.0. The fourth-order valence-electron chi connectivity index (χ4n) is 2.75. The van der Waals surface area contributed by atoms with Gasteiger partial charge in [-0.05, 0) is 56.6 Å². The first-order valence-corrected chi connectivity index (χ1v) is 8.58. The Labute approximate surface area is 145 Å². The van der Waals surface area contributed by atoms with E-state index < -0.39 is 0 Å². The van der Waals surface area contributed by atoms with Gasteiger partial charge in [0.1, 0.15) is 11.5 Å². The summed E-state index contributed by atoms with van der Waals surface area (Å²) in [6.45, 7) is 6.57. The molecule has 128 valence electrons. The van der Waals surface area contributed by atoms with Crippen LogP contribution in [0.25, 0.3) is 6.08 Å². The predicted octanol–water partition coefficient (Wildman–Crippen LogP) is 3.57. The fraction of sp³-hybridized carbons (Fsp3) is 0.471. The summed E-state index contributed by atoms with van der Waals surface area (Å²) >= 11 is 5.19. The van der Waals surface area contributed by atoms with Gasteiger partial charge in [0.2, 0.25) is 5.91 Å². The maximum atomic E-state index is 12.0. The van der Waals surface area contributed by atoms with Gasteiger partial charge in [-0.3, -0.25) is 9.89 Å². The van der Waals surface area contributed by atoms with Gasteiger partial charge >= 0.3 is 0 Å². The third-order valence-electron chi connectivity index (χ3n) is 4.24. The molecule has 2 heterocycles. The smallest absolute Gasteiger partial charge is 0.244 e. The maximum Gasteiger partial charge on any atom is 0.244 e. The van der Waals surface area contributed by atoms with E-state index in [0.717, 1.165) is 5.76 Å². The lowest BCUT2D eigenvalue weighted by Crippen LogP contribution is -2.23. The van der Waals surface area contributed by atoms with Crippen LogP contribution in [-0.2, 0) is 11.3 Å². The molecule has 2 unspecified atom stereocenters. The van der Waals surface area contributed by atoms with Crippen LogP contribution in [0.15, 0.2) is 22.6 Å². The largest absolute Gasteiger partial charge is 0.461 e. The number of H-pyrrole nitrogens is 1. The molecule has 3 rings (SSSR count). The van der Waals surface area contributed by atoms with E-state index in [2.05, 4.69) is 22.4 Å². The lowest BCUT2D eigenvalue weighted by molar-refractivity contribution is -0.116. The first-order chi connectivity index (χ1) is 11.5. The quantitative estimate of drug-likeness (QED) is 0.619. The Balaban J connectivity index is 1.56. The van der Waals surface area contributed by atoms with E-state index in [1.807, 2.05) is 30.5 Å². The number of carbonyl (C=O) groups is 1. The number of nitrogens with zero attached hydrogens (tertiary/aromatic N) is 2. The van der Waals surface area contributed by atoms with E-state index in [9.17, 15) is 4.79 Å². The van der Waals surface area contributed by atoms with Gasteiger partial charge in [-0.25, -0.2) is 0 Å². The Morgan fingerprint density at radius 3 is 3.00 bits per heavy atom. The van der Waals surface area contributed by atoms with Crippen molar-refractivity contribution < 1.29 is 9.21 Å². The summed E-state index contributed by atoms with van der Waals surface area (Å²) < 4.78 is 8.18. The van der Waals surface area contributed by atoms with Crippen molar-refractivity contribution in [3.8, 4) is 0 Å². The molecule has 2 N–H and O–H groups in total. The van der Waals surface area contributed by atoms with Crippen molar-refractivity contribution in [1.29, 1.82) is 0 Å². The number of aromatic nitrogens is 3. The highest BCUT2D eigenvalue weighted by molar-refractivity contribution is 7.71. The first-order valence-electron chi connectivity index (χ1n) is 8.17. The molecule has 1 amide bonds. The van der Waals surface area contributed by atoms with Crippen LogP contribution < -0.4 is 5.32 Å². The topological polar surface area (TPSA) is 75.8 Å². The minimum atomic E-state index is -0.197. The van der Waals surface area contributed by atoms with Crippen molar-refractivity contribution in [2.75, 3.05) is 0 Å². The third kappa shape index (κ3) is 3.67. The van der Waals surface area contributed by atoms with Gasteiger partial charge in [0, 0.05) is 18.0 Å². The second kappa shape index (κ2) is 6.76. The lowest BCUT2D eigenvalue weighted by Gasteiger charge is -2.10. The van der Waals surface area contributed by atoms with E-state index in [1.54, 1.807) is 6.08 Å². The van der Waals surface area contributed by atoms with Gasteiger partial charge in [0.05, 0.1) is 6.54 Å². The van der Waals surface area contributed by atoms with E-state index in [1.165, 1.54) is 12.5 Å². The predicted molar refractivity (Wildman–Crippen MR) is 93.9 cm³/mol. The highest BCUT2D eigenvalue weighted by Crippen LogP contribution is 2.47. The molecule has 2 aromatic rings. The van der Waals surface area contributed by atoms with Crippen molar-refractivity contribution in [1.82, 2.24) is 20.1 Å². The van der Waals surface area contributed by atoms with Crippen LogP contribution in [-0.4, -0.2) is 20.7 Å². The van der Waals surface area contributed by atoms with Crippen LogP contribution in [0.2, 0.25) is 0 Å². The van der Waals surface area contributed by atoms with Crippen molar-refractivity contribution in [2.45, 2.75) is 45.7 Å². The molecule has 7 heteroatoms. The molecule has 1 fully saturated rings. The number of aromatic amines is 1. The molecule has 1 saturated carbocycles. The SMILES string of the molecule is CC1CC1c1ccc(/C=C/C(=O)NCc2n[nH]c(=S)n2C(C)C)o1. The van der Waals surface area contributed by atoms with Crippen LogP contribution in [0, 0.1) is 10.7 Å². The van der Waals surface area contributed by atoms with Crippen molar-refractivity contribution >= 4 is 24.2 Å². The van der Waals surface area contributed by atoms with E-state index in [0.29, 0.717) is 34.7 Å². The van der Waals surface area contributed by atoms with Gasteiger partial charge in [0.15, 0.2) is 10.6 Å². The van der Waals surface area contributed by atoms with E-state index in [4.69, 9.17) is 16.6 Å². The minimum Gasteiger partial charge on any atom is -0.461 e. The van der Waals surface area contributed by atoms with Crippen LogP contribution in [0.4, 0.5) is 0 Å². The van der Waals surface area contributed by atoms with Crippen LogP contribution in [0.1, 0.15) is 56.5 Å². The Morgan fingerprint density at radius 1 is 1.58 bits per heavy atom. The highest BCUT2D eigenvalue weighted by Gasteiger charge is 2.36. The van der Waals surface area contributed by atoms with Gasteiger partial charge < -0.3 is 14.3 Å². The average molecular weight is 346 g/mol. The molecular weight excluding hydrogens is 324 g/mol. The molecule has 24 heavy (non-hydrogen) atoms. The van der Waals surface area contributed by atoms with E-state index in [-0.39, 0.29) is 11.9 Å². The Hall–Kier alpha value is -2.15. The molecule has 1 aliphatic rings. The van der Waals surface area contributed by atoms with Crippen LogP contribution in [0.5, 0.6) is 0 Å². The number of carbonyl (C=O) groups excluding carboxylic acids is 1. The molecule has 0 saturated heterocycles. The fourth-order valence-corrected chi connectivity index (χ4v) is 3.12. The first kappa shape index (κ1) is 16.7. The highest BCUT2D eigenvalue weighted by atomic mass is 32.1. The van der Waals surface area contributed by atoms with Crippen molar-refractivity contribution in [2.24, 2.45) is 5.92 Å². The minimum absolute atomic E-state index is 0.185. The van der Waals surface area contributed by atoms with Gasteiger partial charge in [0.25, 0.3) is 0 Å². The molecule has 0 spiro atoms. The van der Waals surface area contributed by atoms with Crippen LogP contribution in [0.3, 0.4) is 0 Å². The molecule has 2 aromatic heterocycles. The van der Waals surface area contributed by atoms with Crippen molar-refractivity contribution in [3.05, 3.63) is 40.3 Å². The molecule has 2 atom stereocenters. The third-order valence-corrected chi connectivity index (χ3v) is 4.52. The summed E-state index contributed by atoms with van der Waals surface area (Å²) in [6.07, 6.45) is 4.34. The lowest BCUT2D eigenvalue weighted by atomic mass is 10.3. The summed E-state index contributed by atoms with van der Waals surface area (Å²) in [7, 11) is 0.